The molecule has 0 aliphatic rings. The summed E-state index contributed by atoms with van der Waals surface area (Å²) in [5.41, 5.74) is 4.51. The Morgan fingerprint density at radius 1 is 0.808 bits per heavy atom. The van der Waals surface area contributed by atoms with Crippen LogP contribution in [-0.2, 0) is 5.41 Å². The Morgan fingerprint density at radius 3 is 2.19 bits per heavy atom. The molecule has 26 heavy (non-hydrogen) atoms. The van der Waals surface area contributed by atoms with Gasteiger partial charge < -0.3 is 9.72 Å². The van der Waals surface area contributed by atoms with Gasteiger partial charge in [0.1, 0.15) is 17.3 Å². The van der Waals surface area contributed by atoms with Gasteiger partial charge in [-0.25, -0.2) is 4.98 Å². The number of benzene rings is 3. The van der Waals surface area contributed by atoms with E-state index in [0.717, 1.165) is 33.9 Å². The first-order valence-corrected chi connectivity index (χ1v) is 8.83. The number of imidazole rings is 1. The molecule has 3 nitrogen and oxygen atoms in total. The Hall–Kier alpha value is -3.07. The van der Waals surface area contributed by atoms with Crippen LogP contribution in [0.25, 0.3) is 22.4 Å². The molecular formula is C23H22N2O. The summed E-state index contributed by atoms with van der Waals surface area (Å²) in [6.45, 7) is 6.66. The molecular weight excluding hydrogens is 320 g/mol. The van der Waals surface area contributed by atoms with Crippen molar-refractivity contribution >= 4 is 11.0 Å². The fraction of sp³-hybridized carbons (Fsp3) is 0.174. The van der Waals surface area contributed by atoms with Crippen LogP contribution in [-0.4, -0.2) is 9.97 Å². The largest absolute Gasteiger partial charge is 0.457 e. The van der Waals surface area contributed by atoms with E-state index >= 15 is 0 Å². The maximum Gasteiger partial charge on any atom is 0.138 e. The number of para-hydroxylation sites is 1. The summed E-state index contributed by atoms with van der Waals surface area (Å²) in [5.74, 6) is 2.52. The molecule has 1 N–H and O–H groups in total. The Kier molecular flexibility index (Phi) is 4.00. The third-order valence-electron chi connectivity index (χ3n) is 4.45. The Labute approximate surface area is 153 Å². The van der Waals surface area contributed by atoms with Crippen molar-refractivity contribution in [3.63, 3.8) is 0 Å². The zero-order valence-electron chi connectivity index (χ0n) is 15.3. The average Bonchev–Trinajstić information content (AvgIpc) is 3.06. The first-order chi connectivity index (χ1) is 12.5. The zero-order chi connectivity index (χ0) is 18.1. The van der Waals surface area contributed by atoms with E-state index in [4.69, 9.17) is 9.72 Å². The van der Waals surface area contributed by atoms with E-state index in [0.29, 0.717) is 0 Å². The fourth-order valence-corrected chi connectivity index (χ4v) is 2.92. The highest BCUT2D eigenvalue weighted by molar-refractivity contribution is 5.80. The van der Waals surface area contributed by atoms with E-state index in [9.17, 15) is 0 Å². The maximum absolute atomic E-state index is 5.85. The van der Waals surface area contributed by atoms with Crippen molar-refractivity contribution in [1.29, 1.82) is 0 Å². The van der Waals surface area contributed by atoms with Crippen LogP contribution in [0.3, 0.4) is 0 Å². The van der Waals surface area contributed by atoms with E-state index < -0.39 is 0 Å². The van der Waals surface area contributed by atoms with Gasteiger partial charge in [-0.05, 0) is 59.5 Å². The summed E-state index contributed by atoms with van der Waals surface area (Å²) in [5, 5.41) is 0. The number of H-pyrrole nitrogens is 1. The molecule has 0 aliphatic heterocycles. The van der Waals surface area contributed by atoms with Gasteiger partial charge in [-0.3, -0.25) is 0 Å². The smallest absolute Gasteiger partial charge is 0.138 e. The lowest BCUT2D eigenvalue weighted by Crippen LogP contribution is -2.10. The molecule has 3 heteroatoms. The average molecular weight is 342 g/mol. The second-order valence-corrected chi connectivity index (χ2v) is 7.51. The molecule has 0 bridgehead atoms. The van der Waals surface area contributed by atoms with Crippen molar-refractivity contribution in [3.05, 3.63) is 78.4 Å². The summed E-state index contributed by atoms with van der Waals surface area (Å²) < 4.78 is 5.85. The summed E-state index contributed by atoms with van der Waals surface area (Å²) in [6.07, 6.45) is 0. The minimum absolute atomic E-state index is 0.121. The molecule has 0 saturated heterocycles. The molecule has 0 aliphatic carbocycles. The topological polar surface area (TPSA) is 37.9 Å². The highest BCUT2D eigenvalue weighted by Crippen LogP contribution is 2.28. The van der Waals surface area contributed by atoms with E-state index in [2.05, 4.69) is 44.0 Å². The number of ether oxygens (including phenoxy) is 1. The number of fused-ring (bicyclic) bond motifs is 1. The minimum atomic E-state index is 0.121. The molecule has 3 aromatic carbocycles. The maximum atomic E-state index is 5.85. The third kappa shape index (κ3) is 3.33. The van der Waals surface area contributed by atoms with Crippen molar-refractivity contribution < 1.29 is 4.74 Å². The van der Waals surface area contributed by atoms with Crippen LogP contribution in [0.2, 0.25) is 0 Å². The molecule has 4 aromatic rings. The number of aromatic amines is 1. The summed E-state index contributed by atoms with van der Waals surface area (Å²) in [4.78, 5) is 8.17. The normalized spacial score (nSPS) is 11.7. The minimum Gasteiger partial charge on any atom is -0.457 e. The lowest BCUT2D eigenvalue weighted by atomic mass is 9.87. The van der Waals surface area contributed by atoms with Crippen LogP contribution in [0.4, 0.5) is 0 Å². The van der Waals surface area contributed by atoms with E-state index in [-0.39, 0.29) is 5.41 Å². The molecule has 0 unspecified atom stereocenters. The number of nitrogens with one attached hydrogen (secondary N) is 1. The van der Waals surface area contributed by atoms with Gasteiger partial charge in [0.05, 0.1) is 11.0 Å². The Morgan fingerprint density at radius 2 is 1.50 bits per heavy atom. The standard InChI is InChI=1S/C23H22N2O/c1-23(2,3)17-11-14-20-21(15-17)25-22(24-20)16-9-12-19(13-10-16)26-18-7-5-4-6-8-18/h4-15H,1-3H3,(H,24,25). The van der Waals surface area contributed by atoms with Crippen molar-refractivity contribution in [3.8, 4) is 22.9 Å². The number of nitrogens with zero attached hydrogens (tertiary/aromatic N) is 1. The van der Waals surface area contributed by atoms with Crippen molar-refractivity contribution in [1.82, 2.24) is 9.97 Å². The van der Waals surface area contributed by atoms with Crippen molar-refractivity contribution in [2.24, 2.45) is 0 Å². The van der Waals surface area contributed by atoms with E-state index in [1.807, 2.05) is 54.6 Å². The van der Waals surface area contributed by atoms with Gasteiger partial charge >= 0.3 is 0 Å². The fourth-order valence-electron chi connectivity index (χ4n) is 2.92. The van der Waals surface area contributed by atoms with Gasteiger partial charge in [0.25, 0.3) is 0 Å². The molecule has 0 spiro atoms. The lowest BCUT2D eigenvalue weighted by Gasteiger charge is -2.18. The summed E-state index contributed by atoms with van der Waals surface area (Å²) in [7, 11) is 0. The Balaban J connectivity index is 1.61. The van der Waals surface area contributed by atoms with Gasteiger partial charge in [0.15, 0.2) is 0 Å². The zero-order valence-corrected chi connectivity index (χ0v) is 15.3. The molecule has 0 radical (unpaired) electrons. The molecule has 0 fully saturated rings. The molecule has 0 amide bonds. The number of rotatable bonds is 3. The van der Waals surface area contributed by atoms with Crippen LogP contribution in [0.5, 0.6) is 11.5 Å². The molecule has 0 saturated carbocycles. The summed E-state index contributed by atoms with van der Waals surface area (Å²) in [6, 6.07) is 24.2. The number of hydrogen-bond donors (Lipinski definition) is 1. The van der Waals surface area contributed by atoms with Crippen molar-refractivity contribution in [2.45, 2.75) is 26.2 Å². The van der Waals surface area contributed by atoms with Crippen LogP contribution in [0.1, 0.15) is 26.3 Å². The second kappa shape index (κ2) is 6.34. The predicted octanol–water partition coefficient (Wildman–Crippen LogP) is 6.32. The van der Waals surface area contributed by atoms with E-state index in [1.54, 1.807) is 0 Å². The van der Waals surface area contributed by atoms with Gasteiger partial charge in [-0.15, -0.1) is 0 Å². The first-order valence-electron chi connectivity index (χ1n) is 8.83. The SMILES string of the molecule is CC(C)(C)c1ccc2nc(-c3ccc(Oc4ccccc4)cc3)[nH]c2c1. The van der Waals surface area contributed by atoms with Gasteiger partial charge in [0, 0.05) is 5.56 Å². The van der Waals surface area contributed by atoms with E-state index in [1.165, 1.54) is 5.56 Å². The Bertz CT molecular complexity index is 1030. The van der Waals surface area contributed by atoms with Gasteiger partial charge in [-0.1, -0.05) is 45.0 Å². The highest BCUT2D eigenvalue weighted by Gasteiger charge is 2.15. The van der Waals surface area contributed by atoms with Gasteiger partial charge in [-0.2, -0.15) is 0 Å². The molecule has 0 atom stereocenters. The van der Waals surface area contributed by atoms with Crippen molar-refractivity contribution in [2.75, 3.05) is 0 Å². The molecule has 4 rings (SSSR count). The number of hydrogen-bond acceptors (Lipinski definition) is 2. The first kappa shape index (κ1) is 16.4. The quantitative estimate of drug-likeness (QED) is 0.473. The van der Waals surface area contributed by atoms with Gasteiger partial charge in [0.2, 0.25) is 0 Å². The number of aromatic nitrogens is 2. The predicted molar refractivity (Wildman–Crippen MR) is 107 cm³/mol. The molecule has 1 aromatic heterocycles. The lowest BCUT2D eigenvalue weighted by molar-refractivity contribution is 0.483. The monoisotopic (exact) mass is 342 g/mol. The van der Waals surface area contributed by atoms with Crippen LogP contribution in [0, 0.1) is 0 Å². The van der Waals surface area contributed by atoms with Crippen LogP contribution in [0.15, 0.2) is 72.8 Å². The highest BCUT2D eigenvalue weighted by atomic mass is 16.5. The molecule has 130 valence electrons. The third-order valence-corrected chi connectivity index (χ3v) is 4.45. The molecule has 1 heterocycles. The summed E-state index contributed by atoms with van der Waals surface area (Å²) >= 11 is 0. The second-order valence-electron chi connectivity index (χ2n) is 7.51. The van der Waals surface area contributed by atoms with Crippen LogP contribution >= 0.6 is 0 Å². The van der Waals surface area contributed by atoms with Crippen LogP contribution < -0.4 is 4.74 Å².